The number of carbonyl (C=O) groups excluding carboxylic acids is 1. The number of primary amides is 1. The minimum absolute atomic E-state index is 0.140. The first-order valence-electron chi connectivity index (χ1n) is 6.01. The average Bonchev–Trinajstić information content (AvgIpc) is 2.39. The summed E-state index contributed by atoms with van der Waals surface area (Å²) in [5.41, 5.74) is 7.14. The molecule has 0 saturated carbocycles. The maximum atomic E-state index is 13.5. The zero-order chi connectivity index (χ0) is 14.9. The van der Waals surface area contributed by atoms with E-state index in [-0.39, 0.29) is 5.56 Å². The summed E-state index contributed by atoms with van der Waals surface area (Å²) in [7, 11) is 3.69. The Kier molecular flexibility index (Phi) is 3.65. The van der Waals surface area contributed by atoms with Gasteiger partial charge in [-0.15, -0.1) is 0 Å². The van der Waals surface area contributed by atoms with E-state index in [9.17, 15) is 9.18 Å². The highest BCUT2D eigenvalue weighted by molar-refractivity contribution is 5.94. The topological polar surface area (TPSA) is 72.1 Å². The van der Waals surface area contributed by atoms with Gasteiger partial charge in [0.15, 0.2) is 0 Å². The van der Waals surface area contributed by atoms with E-state index in [1.807, 2.05) is 21.0 Å². The molecule has 1 aromatic heterocycles. The van der Waals surface area contributed by atoms with Crippen molar-refractivity contribution in [2.75, 3.05) is 19.0 Å². The molecule has 0 radical (unpaired) electrons. The van der Waals surface area contributed by atoms with Gasteiger partial charge >= 0.3 is 0 Å². The molecule has 0 spiro atoms. The fourth-order valence-electron chi connectivity index (χ4n) is 1.84. The van der Waals surface area contributed by atoms with E-state index in [1.54, 1.807) is 17.2 Å². The van der Waals surface area contributed by atoms with Crippen LogP contribution in [0.4, 0.5) is 10.3 Å². The second kappa shape index (κ2) is 5.24. The van der Waals surface area contributed by atoms with Gasteiger partial charge in [-0.1, -0.05) is 6.07 Å². The lowest BCUT2D eigenvalue weighted by molar-refractivity contribution is 0.0996. The summed E-state index contributed by atoms with van der Waals surface area (Å²) in [5.74, 6) is -0.846. The first kappa shape index (κ1) is 13.9. The largest absolute Gasteiger partial charge is 0.366 e. The van der Waals surface area contributed by atoms with E-state index in [0.29, 0.717) is 11.5 Å². The van der Waals surface area contributed by atoms with Crippen LogP contribution in [0.3, 0.4) is 0 Å². The van der Waals surface area contributed by atoms with Gasteiger partial charge in [-0.25, -0.2) is 14.4 Å². The summed E-state index contributed by atoms with van der Waals surface area (Å²) in [6.45, 7) is 1.83. The Morgan fingerprint density at radius 2 is 2.05 bits per heavy atom. The molecule has 0 aliphatic rings. The van der Waals surface area contributed by atoms with Crippen molar-refractivity contribution in [1.82, 2.24) is 9.97 Å². The fraction of sp³-hybridized carbons (Fsp3) is 0.214. The predicted molar refractivity (Wildman–Crippen MR) is 75.0 cm³/mol. The first-order chi connectivity index (χ1) is 9.40. The third-order valence-corrected chi connectivity index (χ3v) is 2.91. The lowest BCUT2D eigenvalue weighted by atomic mass is 10.0. The molecule has 0 fully saturated rings. The van der Waals surface area contributed by atoms with Crippen LogP contribution >= 0.6 is 0 Å². The second-order valence-electron chi connectivity index (χ2n) is 4.62. The highest BCUT2D eigenvalue weighted by atomic mass is 19.1. The number of halogens is 1. The Hall–Kier alpha value is -2.50. The van der Waals surface area contributed by atoms with Gasteiger partial charge in [0, 0.05) is 25.9 Å². The molecule has 1 aromatic carbocycles. The Morgan fingerprint density at radius 3 is 2.60 bits per heavy atom. The zero-order valence-corrected chi connectivity index (χ0v) is 11.5. The number of aromatic nitrogens is 2. The number of nitrogens with zero attached hydrogens (tertiary/aromatic N) is 3. The molecule has 20 heavy (non-hydrogen) atoms. The molecule has 0 aliphatic heterocycles. The van der Waals surface area contributed by atoms with Crippen LogP contribution in [0.15, 0.2) is 24.4 Å². The molecule has 5 nitrogen and oxygen atoms in total. The monoisotopic (exact) mass is 274 g/mol. The van der Waals surface area contributed by atoms with E-state index in [4.69, 9.17) is 5.73 Å². The van der Waals surface area contributed by atoms with Crippen LogP contribution in [0.1, 0.15) is 16.1 Å². The number of aryl methyl sites for hydroxylation is 1. The van der Waals surface area contributed by atoms with Crippen molar-refractivity contribution in [3.63, 3.8) is 0 Å². The van der Waals surface area contributed by atoms with Gasteiger partial charge < -0.3 is 10.6 Å². The zero-order valence-electron chi connectivity index (χ0n) is 11.5. The molecule has 104 valence electrons. The number of rotatable bonds is 3. The fourth-order valence-corrected chi connectivity index (χ4v) is 1.84. The van der Waals surface area contributed by atoms with Crippen molar-refractivity contribution in [3.8, 4) is 11.1 Å². The molecule has 2 aromatic rings. The van der Waals surface area contributed by atoms with Crippen LogP contribution in [-0.2, 0) is 0 Å². The second-order valence-corrected chi connectivity index (χ2v) is 4.62. The number of carbonyl (C=O) groups is 1. The quantitative estimate of drug-likeness (QED) is 0.925. The average molecular weight is 274 g/mol. The van der Waals surface area contributed by atoms with Gasteiger partial charge in [0.1, 0.15) is 5.82 Å². The summed E-state index contributed by atoms with van der Waals surface area (Å²) in [6, 6.07) is 4.20. The number of benzene rings is 1. The third-order valence-electron chi connectivity index (χ3n) is 2.91. The molecular formula is C14H15FN4O. The molecule has 0 unspecified atom stereocenters. The van der Waals surface area contributed by atoms with Gasteiger partial charge in [0.2, 0.25) is 5.95 Å². The van der Waals surface area contributed by atoms with Gasteiger partial charge in [0.25, 0.3) is 5.91 Å². The normalized spacial score (nSPS) is 10.4. The molecule has 2 rings (SSSR count). The van der Waals surface area contributed by atoms with Crippen molar-refractivity contribution >= 4 is 11.9 Å². The lowest BCUT2D eigenvalue weighted by Crippen LogP contribution is -2.14. The summed E-state index contributed by atoms with van der Waals surface area (Å²) in [4.78, 5) is 21.5. The van der Waals surface area contributed by atoms with E-state index >= 15 is 0 Å². The first-order valence-corrected chi connectivity index (χ1v) is 6.01. The molecule has 0 saturated heterocycles. The maximum Gasteiger partial charge on any atom is 0.251 e. The number of amides is 1. The van der Waals surface area contributed by atoms with Crippen molar-refractivity contribution < 1.29 is 9.18 Å². The van der Waals surface area contributed by atoms with Gasteiger partial charge in [-0.2, -0.15) is 0 Å². The summed E-state index contributed by atoms with van der Waals surface area (Å²) in [5, 5.41) is 0. The Balaban J connectivity index is 2.52. The van der Waals surface area contributed by atoms with Crippen molar-refractivity contribution in [3.05, 3.63) is 41.5 Å². The van der Waals surface area contributed by atoms with Crippen LogP contribution in [0.2, 0.25) is 0 Å². The van der Waals surface area contributed by atoms with Crippen LogP contribution in [0.25, 0.3) is 11.1 Å². The van der Waals surface area contributed by atoms with Gasteiger partial charge in [-0.3, -0.25) is 4.79 Å². The SMILES string of the molecule is Cc1nc(N(C)C)ncc1-c1ccc(F)c(C(N)=O)c1. The van der Waals surface area contributed by atoms with Crippen molar-refractivity contribution in [2.45, 2.75) is 6.92 Å². The molecule has 1 heterocycles. The van der Waals surface area contributed by atoms with E-state index < -0.39 is 11.7 Å². The maximum absolute atomic E-state index is 13.5. The van der Waals surface area contributed by atoms with Crippen LogP contribution in [0.5, 0.6) is 0 Å². The van der Waals surface area contributed by atoms with Crippen LogP contribution in [-0.4, -0.2) is 30.0 Å². The predicted octanol–water partition coefficient (Wildman–Crippen LogP) is 1.76. The molecule has 0 atom stereocenters. The van der Waals surface area contributed by atoms with Crippen molar-refractivity contribution in [1.29, 1.82) is 0 Å². The van der Waals surface area contributed by atoms with Gasteiger partial charge in [0.05, 0.1) is 11.3 Å². The minimum Gasteiger partial charge on any atom is -0.366 e. The summed E-state index contributed by atoms with van der Waals surface area (Å²) in [6.07, 6.45) is 1.65. The standard InChI is InChI=1S/C14H15FN4O/c1-8-11(7-17-14(18-8)19(2)3)9-4-5-12(15)10(6-9)13(16)20/h4-7H,1-3H3,(H2,16,20). The summed E-state index contributed by atoms with van der Waals surface area (Å²) < 4.78 is 13.5. The van der Waals surface area contributed by atoms with Gasteiger partial charge in [-0.05, 0) is 24.6 Å². The Bertz CT molecular complexity index is 670. The number of anilines is 1. The molecule has 2 N–H and O–H groups in total. The summed E-state index contributed by atoms with van der Waals surface area (Å²) >= 11 is 0. The Labute approximate surface area is 116 Å². The highest BCUT2D eigenvalue weighted by Crippen LogP contribution is 2.24. The van der Waals surface area contributed by atoms with E-state index in [1.165, 1.54) is 12.1 Å². The number of nitrogens with two attached hydrogens (primary N) is 1. The van der Waals surface area contributed by atoms with Crippen molar-refractivity contribution in [2.24, 2.45) is 5.73 Å². The number of hydrogen-bond acceptors (Lipinski definition) is 4. The van der Waals surface area contributed by atoms with Crippen LogP contribution in [0, 0.1) is 12.7 Å². The molecular weight excluding hydrogens is 259 g/mol. The lowest BCUT2D eigenvalue weighted by Gasteiger charge is -2.13. The molecule has 0 bridgehead atoms. The van der Waals surface area contributed by atoms with E-state index in [0.717, 1.165) is 11.3 Å². The van der Waals surface area contributed by atoms with E-state index in [2.05, 4.69) is 9.97 Å². The molecule has 0 aliphatic carbocycles. The Morgan fingerprint density at radius 1 is 1.35 bits per heavy atom. The third kappa shape index (κ3) is 2.59. The molecule has 6 heteroatoms. The van der Waals surface area contributed by atoms with Crippen LogP contribution < -0.4 is 10.6 Å². The molecule has 1 amide bonds. The smallest absolute Gasteiger partial charge is 0.251 e. The highest BCUT2D eigenvalue weighted by Gasteiger charge is 2.12. The minimum atomic E-state index is -0.798. The number of hydrogen-bond donors (Lipinski definition) is 1.